The number of likely N-dealkylation sites (tertiary alicyclic amines) is 1. The Balaban J connectivity index is 1.64. The van der Waals surface area contributed by atoms with Crippen LogP contribution in [0, 0.1) is 0 Å². The molecule has 5 nitrogen and oxygen atoms in total. The maximum Gasteiger partial charge on any atom is 0.411 e. The Kier molecular flexibility index (Phi) is 5.27. The summed E-state index contributed by atoms with van der Waals surface area (Å²) in [7, 11) is 0. The van der Waals surface area contributed by atoms with E-state index in [1.807, 2.05) is 24.3 Å². The number of benzene rings is 1. The topological polar surface area (TPSA) is 59.5 Å². The number of alkyl halides is 1. The molecule has 1 aromatic carbocycles. The summed E-state index contributed by atoms with van der Waals surface area (Å²) in [4.78, 5) is 30.7. The predicted octanol–water partition coefficient (Wildman–Crippen LogP) is 4.15. The summed E-state index contributed by atoms with van der Waals surface area (Å²) in [5.74, 6) is -0.143. The molecule has 0 unspecified atom stereocenters. The van der Waals surface area contributed by atoms with Crippen LogP contribution in [0.3, 0.4) is 0 Å². The van der Waals surface area contributed by atoms with E-state index in [0.717, 1.165) is 15.2 Å². The Morgan fingerprint density at radius 1 is 1.35 bits per heavy atom. The van der Waals surface area contributed by atoms with E-state index < -0.39 is 23.9 Å². The second-order valence-corrected chi connectivity index (χ2v) is 8.64. The van der Waals surface area contributed by atoms with Gasteiger partial charge in [0.2, 0.25) is 0 Å². The number of ether oxygens (including phenoxy) is 1. The molecule has 1 fully saturated rings. The SMILES string of the molecule is CC(C)(C)OC(=O)N1C[C@H](F)C[C@H]1C(=O)CCc1nc2ccccc2s1. The molecule has 140 valence electrons. The van der Waals surface area contributed by atoms with Gasteiger partial charge in [0, 0.05) is 19.3 Å². The number of aromatic nitrogens is 1. The Hall–Kier alpha value is -2.02. The molecule has 0 bridgehead atoms. The highest BCUT2D eigenvalue weighted by molar-refractivity contribution is 7.18. The van der Waals surface area contributed by atoms with E-state index in [1.54, 1.807) is 32.1 Å². The maximum atomic E-state index is 13.9. The lowest BCUT2D eigenvalue weighted by molar-refractivity contribution is -0.123. The highest BCUT2D eigenvalue weighted by Crippen LogP contribution is 2.26. The molecule has 0 radical (unpaired) electrons. The number of hydrogen-bond donors (Lipinski definition) is 0. The number of rotatable bonds is 4. The largest absolute Gasteiger partial charge is 0.444 e. The maximum absolute atomic E-state index is 13.9. The Bertz CT molecular complexity index is 781. The molecule has 0 N–H and O–H groups in total. The smallest absolute Gasteiger partial charge is 0.411 e. The summed E-state index contributed by atoms with van der Waals surface area (Å²) >= 11 is 1.55. The molecule has 1 saturated heterocycles. The molecule has 1 aliphatic rings. The summed E-state index contributed by atoms with van der Waals surface area (Å²) < 4.78 is 20.3. The summed E-state index contributed by atoms with van der Waals surface area (Å²) in [6, 6.07) is 7.05. The van der Waals surface area contributed by atoms with Crippen molar-refractivity contribution in [2.24, 2.45) is 0 Å². The van der Waals surface area contributed by atoms with Gasteiger partial charge in [0.05, 0.1) is 27.8 Å². The second-order valence-electron chi connectivity index (χ2n) is 7.52. The van der Waals surface area contributed by atoms with Crippen molar-refractivity contribution in [1.82, 2.24) is 9.88 Å². The number of aryl methyl sites for hydroxylation is 1. The van der Waals surface area contributed by atoms with E-state index >= 15 is 0 Å². The molecule has 0 spiro atoms. The van der Waals surface area contributed by atoms with Gasteiger partial charge in [-0.05, 0) is 32.9 Å². The lowest BCUT2D eigenvalue weighted by Gasteiger charge is -2.27. The number of carbonyl (C=O) groups is 2. The van der Waals surface area contributed by atoms with Crippen LogP contribution in [0.15, 0.2) is 24.3 Å². The average molecular weight is 378 g/mol. The number of para-hydroxylation sites is 1. The normalized spacial score (nSPS) is 20.5. The van der Waals surface area contributed by atoms with E-state index in [2.05, 4.69) is 4.98 Å². The zero-order valence-electron chi connectivity index (χ0n) is 15.2. The van der Waals surface area contributed by atoms with Crippen molar-refractivity contribution >= 4 is 33.4 Å². The van der Waals surface area contributed by atoms with Crippen molar-refractivity contribution in [2.75, 3.05) is 6.54 Å². The minimum atomic E-state index is -1.20. The second kappa shape index (κ2) is 7.31. The van der Waals surface area contributed by atoms with Gasteiger partial charge in [-0.3, -0.25) is 9.69 Å². The van der Waals surface area contributed by atoms with Crippen LogP contribution in [0.2, 0.25) is 0 Å². The number of carbonyl (C=O) groups excluding carboxylic acids is 2. The summed E-state index contributed by atoms with van der Waals surface area (Å²) in [5, 5.41) is 0.873. The van der Waals surface area contributed by atoms with Crippen LogP contribution in [-0.4, -0.2) is 46.1 Å². The van der Waals surface area contributed by atoms with Crippen LogP contribution in [0.4, 0.5) is 9.18 Å². The molecule has 1 aliphatic heterocycles. The number of Topliss-reactive ketones (excluding diaryl/α,β-unsaturated/α-hetero) is 1. The van der Waals surface area contributed by atoms with E-state index in [0.29, 0.717) is 6.42 Å². The number of nitrogens with zero attached hydrogens (tertiary/aromatic N) is 2. The molecule has 2 atom stereocenters. The third-order valence-corrected chi connectivity index (χ3v) is 5.27. The Morgan fingerprint density at radius 3 is 2.77 bits per heavy atom. The molecule has 3 rings (SSSR count). The molecule has 2 heterocycles. The first kappa shape index (κ1) is 18.8. The van der Waals surface area contributed by atoms with Gasteiger partial charge in [-0.25, -0.2) is 14.2 Å². The molecular weight excluding hydrogens is 355 g/mol. The van der Waals surface area contributed by atoms with Crippen LogP contribution >= 0.6 is 11.3 Å². The average Bonchev–Trinajstić information content (AvgIpc) is 3.14. The summed E-state index contributed by atoms with van der Waals surface area (Å²) in [6.07, 6.45) is -1.06. The third-order valence-electron chi connectivity index (χ3n) is 4.17. The van der Waals surface area contributed by atoms with Crippen molar-refractivity contribution in [1.29, 1.82) is 0 Å². The van der Waals surface area contributed by atoms with Gasteiger partial charge >= 0.3 is 6.09 Å². The van der Waals surface area contributed by atoms with Gasteiger partial charge < -0.3 is 4.74 Å². The Morgan fingerprint density at radius 2 is 2.08 bits per heavy atom. The van der Waals surface area contributed by atoms with Crippen LogP contribution < -0.4 is 0 Å². The molecular formula is C19H23FN2O3S. The minimum absolute atomic E-state index is 0.0396. The number of halogens is 1. The highest BCUT2D eigenvalue weighted by atomic mass is 32.1. The number of amides is 1. The van der Waals surface area contributed by atoms with Crippen LogP contribution in [-0.2, 0) is 16.0 Å². The fraction of sp³-hybridized carbons (Fsp3) is 0.526. The van der Waals surface area contributed by atoms with Gasteiger partial charge in [0.25, 0.3) is 0 Å². The molecule has 0 saturated carbocycles. The third kappa shape index (κ3) is 4.38. The molecule has 0 aliphatic carbocycles. The van der Waals surface area contributed by atoms with Gasteiger partial charge in [0.15, 0.2) is 5.78 Å². The predicted molar refractivity (Wildman–Crippen MR) is 99.2 cm³/mol. The van der Waals surface area contributed by atoms with Gasteiger partial charge in [-0.15, -0.1) is 11.3 Å². The van der Waals surface area contributed by atoms with Crippen molar-refractivity contribution in [3.8, 4) is 0 Å². The van der Waals surface area contributed by atoms with E-state index in [1.165, 1.54) is 4.90 Å². The van der Waals surface area contributed by atoms with Crippen LogP contribution in [0.5, 0.6) is 0 Å². The van der Waals surface area contributed by atoms with Gasteiger partial charge in [-0.1, -0.05) is 12.1 Å². The van der Waals surface area contributed by atoms with Crippen molar-refractivity contribution < 1.29 is 18.7 Å². The molecule has 26 heavy (non-hydrogen) atoms. The molecule has 7 heteroatoms. The van der Waals surface area contributed by atoms with Gasteiger partial charge in [0.1, 0.15) is 11.8 Å². The number of fused-ring (bicyclic) bond motifs is 1. The van der Waals surface area contributed by atoms with E-state index in [-0.39, 0.29) is 25.2 Å². The standard InChI is InChI=1S/C19H23FN2O3S/c1-19(2,3)25-18(24)22-11-12(20)10-14(22)15(23)8-9-17-21-13-6-4-5-7-16(13)26-17/h4-7,12,14H,8-11H2,1-3H3/t12-,14+/m1/s1. The van der Waals surface area contributed by atoms with Crippen molar-refractivity contribution in [3.05, 3.63) is 29.3 Å². The van der Waals surface area contributed by atoms with Crippen LogP contribution in [0.1, 0.15) is 38.6 Å². The van der Waals surface area contributed by atoms with Gasteiger partial charge in [-0.2, -0.15) is 0 Å². The zero-order valence-corrected chi connectivity index (χ0v) is 16.0. The summed E-state index contributed by atoms with van der Waals surface area (Å²) in [6.45, 7) is 5.15. The lowest BCUT2D eigenvalue weighted by atomic mass is 10.1. The van der Waals surface area contributed by atoms with Crippen molar-refractivity contribution in [3.63, 3.8) is 0 Å². The first-order valence-corrected chi connectivity index (χ1v) is 9.55. The first-order chi connectivity index (χ1) is 12.2. The molecule has 1 amide bonds. The zero-order chi connectivity index (χ0) is 18.9. The van der Waals surface area contributed by atoms with E-state index in [4.69, 9.17) is 4.74 Å². The number of thiazole rings is 1. The highest BCUT2D eigenvalue weighted by Gasteiger charge is 2.41. The number of hydrogen-bond acceptors (Lipinski definition) is 5. The summed E-state index contributed by atoms with van der Waals surface area (Å²) in [5.41, 5.74) is 0.236. The number of ketones is 1. The van der Waals surface area contributed by atoms with E-state index in [9.17, 15) is 14.0 Å². The Labute approximate surface area is 156 Å². The molecule has 1 aromatic heterocycles. The first-order valence-electron chi connectivity index (χ1n) is 8.74. The quantitative estimate of drug-likeness (QED) is 0.802. The fourth-order valence-electron chi connectivity index (χ4n) is 3.04. The fourth-order valence-corrected chi connectivity index (χ4v) is 4.00. The lowest BCUT2D eigenvalue weighted by Crippen LogP contribution is -2.43. The van der Waals surface area contributed by atoms with Crippen LogP contribution in [0.25, 0.3) is 10.2 Å². The molecule has 2 aromatic rings. The van der Waals surface area contributed by atoms with Crippen molar-refractivity contribution in [2.45, 2.75) is 57.8 Å². The minimum Gasteiger partial charge on any atom is -0.444 e. The monoisotopic (exact) mass is 378 g/mol.